The molecule has 3 N–H and O–H groups in total. The van der Waals surface area contributed by atoms with Gasteiger partial charge in [0.05, 0.1) is 6.54 Å². The summed E-state index contributed by atoms with van der Waals surface area (Å²) in [6, 6.07) is -0.459. The maximum atomic E-state index is 11.4. The number of rotatable bonds is 7. The van der Waals surface area contributed by atoms with Crippen LogP contribution in [0.3, 0.4) is 0 Å². The molecule has 1 aromatic rings. The van der Waals surface area contributed by atoms with Crippen molar-refractivity contribution in [3.8, 4) is 0 Å². The Labute approximate surface area is 110 Å². The van der Waals surface area contributed by atoms with Crippen LogP contribution in [0.2, 0.25) is 0 Å². The molecule has 1 heterocycles. The predicted octanol–water partition coefficient (Wildman–Crippen LogP) is -1.24. The summed E-state index contributed by atoms with van der Waals surface area (Å²) in [5.74, 6) is -0.497. The van der Waals surface area contributed by atoms with Crippen molar-refractivity contribution >= 4 is 12.0 Å². The summed E-state index contributed by atoms with van der Waals surface area (Å²) in [6.45, 7) is 0.264. The molecule has 1 unspecified atom stereocenters. The molecule has 0 aliphatic rings. The number of carbonyl (C=O) groups excluding carboxylic acids is 1. The molecule has 0 saturated carbocycles. The number of aromatic nitrogens is 3. The molecule has 0 radical (unpaired) electrons. The molecule has 19 heavy (non-hydrogen) atoms. The molecule has 0 fully saturated rings. The third-order valence-corrected chi connectivity index (χ3v) is 2.29. The third kappa shape index (κ3) is 5.34. The fraction of sp³-hybridized carbons (Fsp3) is 0.600. The molecule has 0 spiro atoms. The van der Waals surface area contributed by atoms with Gasteiger partial charge >= 0.3 is 12.0 Å². The fourth-order valence-electron chi connectivity index (χ4n) is 1.31. The maximum Gasteiger partial charge on any atom is 0.334 e. The van der Waals surface area contributed by atoms with Gasteiger partial charge in [-0.3, -0.25) is 4.68 Å². The van der Waals surface area contributed by atoms with Crippen LogP contribution in [0, 0.1) is 0 Å². The Bertz CT molecular complexity index is 433. The van der Waals surface area contributed by atoms with E-state index in [0.717, 1.165) is 0 Å². The number of ether oxygens (including phenoxy) is 1. The van der Waals surface area contributed by atoms with Gasteiger partial charge in [0.15, 0.2) is 11.9 Å². The molecule has 0 saturated heterocycles. The SMILES string of the molecule is COC(CNC(=O)NCCc1ncn(C)n1)C(=O)O. The molecule has 0 aromatic carbocycles. The van der Waals surface area contributed by atoms with E-state index in [1.165, 1.54) is 7.11 Å². The molecule has 9 nitrogen and oxygen atoms in total. The zero-order valence-electron chi connectivity index (χ0n) is 10.8. The summed E-state index contributed by atoms with van der Waals surface area (Å²) in [7, 11) is 3.03. The molecule has 1 atom stereocenters. The summed E-state index contributed by atoms with van der Waals surface area (Å²) in [5, 5.41) is 17.7. The van der Waals surface area contributed by atoms with Crippen molar-refractivity contribution in [2.75, 3.05) is 20.2 Å². The number of carboxylic acids is 1. The molecule has 2 amide bonds. The lowest BCUT2D eigenvalue weighted by Gasteiger charge is -2.11. The first kappa shape index (κ1) is 14.9. The van der Waals surface area contributed by atoms with Gasteiger partial charge in [-0.15, -0.1) is 0 Å². The number of nitrogens with zero attached hydrogens (tertiary/aromatic N) is 3. The topological polar surface area (TPSA) is 118 Å². The Balaban J connectivity index is 2.19. The highest BCUT2D eigenvalue weighted by Crippen LogP contribution is 1.89. The Morgan fingerprint density at radius 2 is 2.26 bits per heavy atom. The van der Waals surface area contributed by atoms with Gasteiger partial charge in [-0.05, 0) is 0 Å². The van der Waals surface area contributed by atoms with Crippen molar-refractivity contribution in [3.63, 3.8) is 0 Å². The number of amides is 2. The maximum absolute atomic E-state index is 11.4. The van der Waals surface area contributed by atoms with Crippen LogP contribution in [0.4, 0.5) is 4.79 Å². The Hall–Kier alpha value is -2.16. The first-order chi connectivity index (χ1) is 9.02. The van der Waals surface area contributed by atoms with E-state index in [2.05, 4.69) is 25.5 Å². The quantitative estimate of drug-likeness (QED) is 0.570. The molecule has 106 valence electrons. The van der Waals surface area contributed by atoms with Crippen molar-refractivity contribution in [2.24, 2.45) is 7.05 Å². The number of aliphatic carboxylic acids is 1. The van der Waals surface area contributed by atoms with E-state index in [1.54, 1.807) is 18.1 Å². The second-order valence-electron chi connectivity index (χ2n) is 3.78. The lowest BCUT2D eigenvalue weighted by molar-refractivity contribution is -0.147. The second kappa shape index (κ2) is 7.31. The van der Waals surface area contributed by atoms with Gasteiger partial charge in [0.25, 0.3) is 0 Å². The minimum atomic E-state index is -1.12. The van der Waals surface area contributed by atoms with E-state index in [4.69, 9.17) is 5.11 Å². The van der Waals surface area contributed by atoms with Gasteiger partial charge in [-0.2, -0.15) is 5.10 Å². The number of methoxy groups -OCH3 is 1. The number of hydrogen-bond donors (Lipinski definition) is 3. The van der Waals surface area contributed by atoms with Crippen LogP contribution in [-0.4, -0.2) is 58.2 Å². The largest absolute Gasteiger partial charge is 0.479 e. The van der Waals surface area contributed by atoms with Gasteiger partial charge < -0.3 is 20.5 Å². The molecule has 1 rings (SSSR count). The molecular weight excluding hydrogens is 254 g/mol. The molecule has 9 heteroatoms. The van der Waals surface area contributed by atoms with Crippen molar-refractivity contribution in [1.29, 1.82) is 0 Å². The van der Waals surface area contributed by atoms with Crippen LogP contribution < -0.4 is 10.6 Å². The van der Waals surface area contributed by atoms with E-state index >= 15 is 0 Å². The van der Waals surface area contributed by atoms with Crippen molar-refractivity contribution in [1.82, 2.24) is 25.4 Å². The summed E-state index contributed by atoms with van der Waals surface area (Å²) < 4.78 is 6.25. The van der Waals surface area contributed by atoms with E-state index < -0.39 is 18.1 Å². The first-order valence-electron chi connectivity index (χ1n) is 5.64. The van der Waals surface area contributed by atoms with E-state index in [0.29, 0.717) is 18.8 Å². The molecule has 0 aliphatic carbocycles. The highest BCUT2D eigenvalue weighted by Gasteiger charge is 2.16. The molecule has 1 aromatic heterocycles. The number of carbonyl (C=O) groups is 2. The normalized spacial score (nSPS) is 11.9. The lowest BCUT2D eigenvalue weighted by Crippen LogP contribution is -2.43. The van der Waals surface area contributed by atoms with Crippen LogP contribution in [0.25, 0.3) is 0 Å². The number of aryl methyl sites for hydroxylation is 1. The summed E-state index contributed by atoms with van der Waals surface area (Å²) in [4.78, 5) is 26.0. The van der Waals surface area contributed by atoms with Crippen molar-refractivity contribution in [3.05, 3.63) is 12.2 Å². The Morgan fingerprint density at radius 1 is 1.53 bits per heavy atom. The zero-order chi connectivity index (χ0) is 14.3. The number of urea groups is 1. The molecular formula is C10H17N5O4. The lowest BCUT2D eigenvalue weighted by atomic mass is 10.3. The van der Waals surface area contributed by atoms with Crippen LogP contribution in [0.1, 0.15) is 5.82 Å². The number of hydrogen-bond acceptors (Lipinski definition) is 5. The average molecular weight is 271 g/mol. The van der Waals surface area contributed by atoms with Gasteiger partial charge in [-0.1, -0.05) is 0 Å². The zero-order valence-corrected chi connectivity index (χ0v) is 10.8. The second-order valence-corrected chi connectivity index (χ2v) is 3.78. The van der Waals surface area contributed by atoms with Gasteiger partial charge in [0.1, 0.15) is 6.33 Å². The van der Waals surface area contributed by atoms with E-state index in [1.807, 2.05) is 0 Å². The number of nitrogens with one attached hydrogen (secondary N) is 2. The summed E-state index contributed by atoms with van der Waals surface area (Å²) in [6.07, 6.45) is 1.02. The standard InChI is InChI=1S/C10H17N5O4/c1-15-6-13-8(14-15)3-4-11-10(18)12-5-7(19-2)9(16)17/h6-7H,3-5H2,1-2H3,(H,16,17)(H2,11,12,18). The van der Waals surface area contributed by atoms with Gasteiger partial charge in [0.2, 0.25) is 0 Å². The van der Waals surface area contributed by atoms with Crippen LogP contribution in [0.15, 0.2) is 6.33 Å². The third-order valence-electron chi connectivity index (χ3n) is 2.29. The van der Waals surface area contributed by atoms with Crippen molar-refractivity contribution < 1.29 is 19.4 Å². The molecule has 0 bridgehead atoms. The van der Waals surface area contributed by atoms with Crippen LogP contribution in [0.5, 0.6) is 0 Å². The minimum absolute atomic E-state index is 0.0977. The van der Waals surface area contributed by atoms with Gasteiger partial charge in [-0.25, -0.2) is 14.6 Å². The molecule has 0 aliphatic heterocycles. The minimum Gasteiger partial charge on any atom is -0.479 e. The smallest absolute Gasteiger partial charge is 0.334 e. The summed E-state index contributed by atoms with van der Waals surface area (Å²) >= 11 is 0. The van der Waals surface area contributed by atoms with E-state index in [9.17, 15) is 9.59 Å². The summed E-state index contributed by atoms with van der Waals surface area (Å²) in [5.41, 5.74) is 0. The van der Waals surface area contributed by atoms with Gasteiger partial charge in [0, 0.05) is 27.1 Å². The fourth-order valence-corrected chi connectivity index (χ4v) is 1.31. The Morgan fingerprint density at radius 3 is 2.79 bits per heavy atom. The van der Waals surface area contributed by atoms with E-state index in [-0.39, 0.29) is 6.54 Å². The van der Waals surface area contributed by atoms with Crippen molar-refractivity contribution in [2.45, 2.75) is 12.5 Å². The highest BCUT2D eigenvalue weighted by molar-refractivity contribution is 5.76. The highest BCUT2D eigenvalue weighted by atomic mass is 16.5. The first-order valence-corrected chi connectivity index (χ1v) is 5.64. The Kier molecular flexibility index (Phi) is 5.73. The van der Waals surface area contributed by atoms with Crippen LogP contribution in [-0.2, 0) is 23.0 Å². The monoisotopic (exact) mass is 271 g/mol. The predicted molar refractivity (Wildman–Crippen MR) is 64.5 cm³/mol. The van der Waals surface area contributed by atoms with Crippen LogP contribution >= 0.6 is 0 Å². The average Bonchev–Trinajstić information content (AvgIpc) is 2.75. The number of carboxylic acid groups (broad SMARTS) is 1.